The number of hydrogen-bond donors (Lipinski definition) is 1. The Labute approximate surface area is 117 Å². The van der Waals surface area contributed by atoms with Gasteiger partial charge in [-0.15, -0.1) is 11.3 Å². The molecule has 1 aromatic rings. The summed E-state index contributed by atoms with van der Waals surface area (Å²) in [5, 5.41) is 6.09. The second-order valence-electron chi connectivity index (χ2n) is 5.14. The van der Waals surface area contributed by atoms with Gasteiger partial charge in [-0.1, -0.05) is 0 Å². The number of morpholine rings is 1. The second kappa shape index (κ2) is 5.98. The van der Waals surface area contributed by atoms with Crippen LogP contribution in [-0.4, -0.2) is 48.1 Å². The molecule has 2 heterocycles. The van der Waals surface area contributed by atoms with Gasteiger partial charge >= 0.3 is 0 Å². The number of nitrogens with zero attached hydrogens (tertiary/aromatic N) is 2. The van der Waals surface area contributed by atoms with E-state index < -0.39 is 0 Å². The van der Waals surface area contributed by atoms with Crippen LogP contribution in [0.3, 0.4) is 0 Å². The van der Waals surface area contributed by atoms with Crippen LogP contribution in [0, 0.1) is 0 Å². The number of amides is 1. The van der Waals surface area contributed by atoms with E-state index >= 15 is 0 Å². The topological polar surface area (TPSA) is 54.5 Å². The maximum Gasteiger partial charge on any atom is 0.226 e. The zero-order valence-electron chi connectivity index (χ0n) is 10.9. The van der Waals surface area contributed by atoms with Crippen LogP contribution < -0.4 is 5.32 Å². The van der Waals surface area contributed by atoms with E-state index in [9.17, 15) is 4.79 Å². The molecule has 1 amide bonds. The molecule has 0 unspecified atom stereocenters. The molecule has 1 aromatic heterocycles. The first kappa shape index (κ1) is 13.0. The molecule has 0 spiro atoms. The first-order chi connectivity index (χ1) is 9.29. The van der Waals surface area contributed by atoms with Crippen LogP contribution in [0.1, 0.15) is 23.5 Å². The first-order valence-corrected chi connectivity index (χ1v) is 7.70. The molecule has 104 valence electrons. The van der Waals surface area contributed by atoms with Gasteiger partial charge in [0.1, 0.15) is 5.01 Å². The molecule has 19 heavy (non-hydrogen) atoms. The molecule has 2 fully saturated rings. The van der Waals surface area contributed by atoms with Crippen LogP contribution in [0.25, 0.3) is 0 Å². The summed E-state index contributed by atoms with van der Waals surface area (Å²) in [5.74, 6) is 0.103. The summed E-state index contributed by atoms with van der Waals surface area (Å²) in [6.07, 6.45) is 2.67. The number of aromatic nitrogens is 1. The van der Waals surface area contributed by atoms with E-state index in [2.05, 4.69) is 15.2 Å². The van der Waals surface area contributed by atoms with Crippen molar-refractivity contribution in [1.82, 2.24) is 15.2 Å². The van der Waals surface area contributed by atoms with E-state index in [0.29, 0.717) is 12.5 Å². The zero-order chi connectivity index (χ0) is 13.1. The molecule has 1 aliphatic carbocycles. The van der Waals surface area contributed by atoms with Gasteiger partial charge in [-0.25, -0.2) is 4.98 Å². The molecule has 5 nitrogen and oxygen atoms in total. The van der Waals surface area contributed by atoms with Gasteiger partial charge in [0.05, 0.1) is 31.9 Å². The van der Waals surface area contributed by atoms with Crippen LogP contribution in [0.15, 0.2) is 5.38 Å². The normalized spacial score (nSPS) is 20.4. The third kappa shape index (κ3) is 3.99. The van der Waals surface area contributed by atoms with Crippen molar-refractivity contribution in [2.24, 2.45) is 0 Å². The number of hydrogen-bond acceptors (Lipinski definition) is 5. The first-order valence-electron chi connectivity index (χ1n) is 6.82. The molecule has 1 saturated heterocycles. The predicted octanol–water partition coefficient (Wildman–Crippen LogP) is 0.796. The largest absolute Gasteiger partial charge is 0.379 e. The van der Waals surface area contributed by atoms with Crippen molar-refractivity contribution >= 4 is 17.2 Å². The summed E-state index contributed by atoms with van der Waals surface area (Å²) in [7, 11) is 0. The van der Waals surface area contributed by atoms with E-state index in [4.69, 9.17) is 4.74 Å². The van der Waals surface area contributed by atoms with Gasteiger partial charge in [0.15, 0.2) is 0 Å². The molecule has 1 N–H and O–H groups in total. The Hall–Kier alpha value is -0.980. The highest BCUT2D eigenvalue weighted by atomic mass is 32.1. The highest BCUT2D eigenvalue weighted by Gasteiger charge is 2.23. The summed E-state index contributed by atoms with van der Waals surface area (Å²) in [4.78, 5) is 18.6. The maximum absolute atomic E-state index is 11.7. The van der Waals surface area contributed by atoms with Crippen molar-refractivity contribution in [2.75, 3.05) is 26.3 Å². The fourth-order valence-corrected chi connectivity index (χ4v) is 2.96. The summed E-state index contributed by atoms with van der Waals surface area (Å²) < 4.78 is 5.33. The molecular weight excluding hydrogens is 262 g/mol. The van der Waals surface area contributed by atoms with Gasteiger partial charge in [0.25, 0.3) is 0 Å². The average molecular weight is 281 g/mol. The lowest BCUT2D eigenvalue weighted by atomic mass is 10.3. The Morgan fingerprint density at radius 2 is 2.26 bits per heavy atom. The lowest BCUT2D eigenvalue weighted by molar-refractivity contribution is -0.120. The number of rotatable bonds is 5. The van der Waals surface area contributed by atoms with Crippen molar-refractivity contribution in [3.05, 3.63) is 16.1 Å². The lowest BCUT2D eigenvalue weighted by Gasteiger charge is -2.25. The SMILES string of the molecule is O=C(Cc1csc(CN2CCOCC2)n1)NC1CC1. The predicted molar refractivity (Wildman–Crippen MR) is 73.1 cm³/mol. The number of nitrogens with one attached hydrogen (secondary N) is 1. The number of carbonyl (C=O) groups excluding carboxylic acids is 1. The summed E-state index contributed by atoms with van der Waals surface area (Å²) >= 11 is 1.65. The second-order valence-corrected chi connectivity index (χ2v) is 6.08. The third-order valence-corrected chi connectivity index (χ3v) is 4.23. The molecule has 0 aromatic carbocycles. The summed E-state index contributed by atoms with van der Waals surface area (Å²) in [6.45, 7) is 4.43. The van der Waals surface area contributed by atoms with Crippen molar-refractivity contribution in [2.45, 2.75) is 31.8 Å². The van der Waals surface area contributed by atoms with Crippen molar-refractivity contribution < 1.29 is 9.53 Å². The molecule has 0 bridgehead atoms. The van der Waals surface area contributed by atoms with E-state index in [1.807, 2.05) is 5.38 Å². The van der Waals surface area contributed by atoms with Crippen LogP contribution in [0.2, 0.25) is 0 Å². The molecule has 0 atom stereocenters. The minimum Gasteiger partial charge on any atom is -0.379 e. The van der Waals surface area contributed by atoms with E-state index in [-0.39, 0.29) is 5.91 Å². The highest BCUT2D eigenvalue weighted by molar-refractivity contribution is 7.09. The van der Waals surface area contributed by atoms with Crippen LogP contribution >= 0.6 is 11.3 Å². The van der Waals surface area contributed by atoms with Crippen molar-refractivity contribution in [3.63, 3.8) is 0 Å². The molecule has 3 rings (SSSR count). The van der Waals surface area contributed by atoms with Gasteiger partial charge in [0, 0.05) is 24.5 Å². The quantitative estimate of drug-likeness (QED) is 0.867. The molecule has 1 aliphatic heterocycles. The molecular formula is C13H19N3O2S. The van der Waals surface area contributed by atoms with Crippen LogP contribution in [0.5, 0.6) is 0 Å². The van der Waals surface area contributed by atoms with Gasteiger partial charge in [0.2, 0.25) is 5.91 Å². The van der Waals surface area contributed by atoms with Crippen molar-refractivity contribution in [1.29, 1.82) is 0 Å². The van der Waals surface area contributed by atoms with Crippen molar-refractivity contribution in [3.8, 4) is 0 Å². The standard InChI is InChI=1S/C13H19N3O2S/c17-12(14-10-1-2-10)7-11-9-19-13(15-11)8-16-3-5-18-6-4-16/h9-10H,1-8H2,(H,14,17). The molecule has 0 radical (unpaired) electrons. The fraction of sp³-hybridized carbons (Fsp3) is 0.692. The van der Waals surface area contributed by atoms with Crippen LogP contribution in [-0.2, 0) is 22.5 Å². The minimum absolute atomic E-state index is 0.103. The van der Waals surface area contributed by atoms with Gasteiger partial charge < -0.3 is 10.1 Å². The number of ether oxygens (including phenoxy) is 1. The van der Waals surface area contributed by atoms with E-state index in [1.54, 1.807) is 11.3 Å². The fourth-order valence-electron chi connectivity index (χ4n) is 2.12. The number of carbonyl (C=O) groups is 1. The molecule has 1 saturated carbocycles. The summed E-state index contributed by atoms with van der Waals surface area (Å²) in [5.41, 5.74) is 0.895. The Morgan fingerprint density at radius 1 is 1.47 bits per heavy atom. The monoisotopic (exact) mass is 281 g/mol. The average Bonchev–Trinajstić information content (AvgIpc) is 3.11. The minimum atomic E-state index is 0.103. The van der Waals surface area contributed by atoms with E-state index in [0.717, 1.165) is 56.4 Å². The highest BCUT2D eigenvalue weighted by Crippen LogP contribution is 2.19. The number of thiazole rings is 1. The van der Waals surface area contributed by atoms with Gasteiger partial charge in [-0.2, -0.15) is 0 Å². The smallest absolute Gasteiger partial charge is 0.226 e. The van der Waals surface area contributed by atoms with Gasteiger partial charge in [-0.3, -0.25) is 9.69 Å². The third-order valence-electron chi connectivity index (χ3n) is 3.35. The Kier molecular flexibility index (Phi) is 4.10. The lowest BCUT2D eigenvalue weighted by Crippen LogP contribution is -2.35. The Balaban J connectivity index is 1.48. The Bertz CT molecular complexity index is 439. The maximum atomic E-state index is 11.7. The Morgan fingerprint density at radius 3 is 3.00 bits per heavy atom. The van der Waals surface area contributed by atoms with E-state index in [1.165, 1.54) is 0 Å². The van der Waals surface area contributed by atoms with Crippen LogP contribution in [0.4, 0.5) is 0 Å². The summed E-state index contributed by atoms with van der Waals surface area (Å²) in [6, 6.07) is 0.430. The molecule has 2 aliphatic rings. The molecule has 6 heteroatoms. The zero-order valence-corrected chi connectivity index (χ0v) is 11.7. The van der Waals surface area contributed by atoms with Gasteiger partial charge in [-0.05, 0) is 12.8 Å².